The van der Waals surface area contributed by atoms with Gasteiger partial charge < -0.3 is 4.90 Å². The van der Waals surface area contributed by atoms with Crippen molar-refractivity contribution in [1.82, 2.24) is 4.90 Å². The molecular formula is C13H17BrClNO. The number of carbonyl (C=O) groups excluding carboxylic acids is 1. The summed E-state index contributed by atoms with van der Waals surface area (Å²) >= 11 is 9.43. The minimum absolute atomic E-state index is 0.00634. The van der Waals surface area contributed by atoms with Crippen LogP contribution in [0.4, 0.5) is 0 Å². The Balaban J connectivity index is 3.04. The van der Waals surface area contributed by atoms with Crippen molar-refractivity contribution in [3.8, 4) is 0 Å². The second-order valence-electron chi connectivity index (χ2n) is 4.22. The van der Waals surface area contributed by atoms with Crippen molar-refractivity contribution in [1.29, 1.82) is 0 Å². The molecule has 94 valence electrons. The number of amides is 1. The molecule has 1 aromatic carbocycles. The van der Waals surface area contributed by atoms with Gasteiger partial charge in [0.15, 0.2) is 0 Å². The number of carbonyl (C=O) groups is 1. The summed E-state index contributed by atoms with van der Waals surface area (Å²) in [5.74, 6) is -0.00634. The standard InChI is InChI=1S/C13H17BrClNO/c1-4-7-16(9(2)3)13(17)11-8-10(14)5-6-12(11)15/h5-6,8-9H,4,7H2,1-3H3. The zero-order valence-corrected chi connectivity index (χ0v) is 12.7. The first-order chi connectivity index (χ1) is 7.97. The van der Waals surface area contributed by atoms with E-state index in [0.717, 1.165) is 17.4 Å². The quantitative estimate of drug-likeness (QED) is 0.807. The minimum Gasteiger partial charge on any atom is -0.336 e. The summed E-state index contributed by atoms with van der Waals surface area (Å²) in [7, 11) is 0. The molecule has 0 saturated carbocycles. The molecule has 0 fully saturated rings. The van der Waals surface area contributed by atoms with Gasteiger partial charge in [-0.25, -0.2) is 0 Å². The van der Waals surface area contributed by atoms with Crippen LogP contribution in [0.25, 0.3) is 0 Å². The summed E-state index contributed by atoms with van der Waals surface area (Å²) in [6.45, 7) is 6.84. The molecule has 1 aromatic rings. The van der Waals surface area contributed by atoms with Gasteiger partial charge in [0.2, 0.25) is 0 Å². The van der Waals surface area contributed by atoms with E-state index < -0.39 is 0 Å². The van der Waals surface area contributed by atoms with Crippen molar-refractivity contribution in [2.75, 3.05) is 6.54 Å². The van der Waals surface area contributed by atoms with Gasteiger partial charge in [-0.3, -0.25) is 4.79 Å². The Morgan fingerprint density at radius 1 is 1.47 bits per heavy atom. The molecule has 0 aliphatic carbocycles. The first-order valence-corrected chi connectivity index (χ1v) is 6.90. The van der Waals surface area contributed by atoms with E-state index in [4.69, 9.17) is 11.6 Å². The summed E-state index contributed by atoms with van der Waals surface area (Å²) in [4.78, 5) is 14.2. The lowest BCUT2D eigenvalue weighted by Gasteiger charge is -2.26. The Morgan fingerprint density at radius 2 is 2.12 bits per heavy atom. The van der Waals surface area contributed by atoms with Crippen molar-refractivity contribution in [2.24, 2.45) is 0 Å². The number of rotatable bonds is 4. The van der Waals surface area contributed by atoms with Gasteiger partial charge in [-0.1, -0.05) is 34.5 Å². The third-order valence-electron chi connectivity index (χ3n) is 2.51. The average Bonchev–Trinajstić information content (AvgIpc) is 2.28. The predicted octanol–water partition coefficient (Wildman–Crippen LogP) is 4.36. The normalized spacial score (nSPS) is 10.7. The third kappa shape index (κ3) is 3.71. The summed E-state index contributed by atoms with van der Waals surface area (Å²) in [6.07, 6.45) is 0.940. The van der Waals surface area contributed by atoms with Gasteiger partial charge in [0, 0.05) is 17.1 Å². The van der Waals surface area contributed by atoms with E-state index in [-0.39, 0.29) is 11.9 Å². The lowest BCUT2D eigenvalue weighted by atomic mass is 10.1. The van der Waals surface area contributed by atoms with Gasteiger partial charge in [-0.2, -0.15) is 0 Å². The maximum Gasteiger partial charge on any atom is 0.255 e. The highest BCUT2D eigenvalue weighted by Crippen LogP contribution is 2.23. The molecule has 0 heterocycles. The smallest absolute Gasteiger partial charge is 0.255 e. The van der Waals surface area contributed by atoms with E-state index in [0.29, 0.717) is 10.6 Å². The molecule has 0 saturated heterocycles. The van der Waals surface area contributed by atoms with E-state index in [1.165, 1.54) is 0 Å². The molecule has 0 aliphatic rings. The van der Waals surface area contributed by atoms with Crippen LogP contribution in [0.15, 0.2) is 22.7 Å². The van der Waals surface area contributed by atoms with Gasteiger partial charge >= 0.3 is 0 Å². The summed E-state index contributed by atoms with van der Waals surface area (Å²) in [6, 6.07) is 5.52. The summed E-state index contributed by atoms with van der Waals surface area (Å²) in [5, 5.41) is 0.500. The molecule has 0 unspecified atom stereocenters. The van der Waals surface area contributed by atoms with Gasteiger partial charge in [0.25, 0.3) is 5.91 Å². The SMILES string of the molecule is CCCN(C(=O)c1cc(Br)ccc1Cl)C(C)C. The van der Waals surface area contributed by atoms with Crippen LogP contribution in [-0.2, 0) is 0 Å². The van der Waals surface area contributed by atoms with Gasteiger partial charge in [0.05, 0.1) is 10.6 Å². The average molecular weight is 319 g/mol. The van der Waals surface area contributed by atoms with E-state index in [1.54, 1.807) is 12.1 Å². The van der Waals surface area contributed by atoms with Crippen molar-refractivity contribution >= 4 is 33.4 Å². The van der Waals surface area contributed by atoms with Crippen molar-refractivity contribution < 1.29 is 4.79 Å². The fourth-order valence-corrected chi connectivity index (χ4v) is 2.21. The Bertz CT molecular complexity index is 406. The fourth-order valence-electron chi connectivity index (χ4n) is 1.65. The Morgan fingerprint density at radius 3 is 2.65 bits per heavy atom. The molecule has 17 heavy (non-hydrogen) atoms. The summed E-state index contributed by atoms with van der Waals surface area (Å²) in [5.41, 5.74) is 0.559. The molecule has 0 aromatic heterocycles. The highest BCUT2D eigenvalue weighted by molar-refractivity contribution is 9.10. The van der Waals surface area contributed by atoms with Crippen molar-refractivity contribution in [3.63, 3.8) is 0 Å². The molecule has 0 atom stereocenters. The second kappa shape index (κ2) is 6.41. The monoisotopic (exact) mass is 317 g/mol. The van der Waals surface area contributed by atoms with Crippen LogP contribution < -0.4 is 0 Å². The van der Waals surface area contributed by atoms with Gasteiger partial charge in [-0.05, 0) is 38.5 Å². The molecular weight excluding hydrogens is 302 g/mol. The van der Waals surface area contributed by atoms with Crippen LogP contribution in [0.1, 0.15) is 37.6 Å². The molecule has 4 heteroatoms. The number of nitrogens with zero attached hydrogens (tertiary/aromatic N) is 1. The van der Waals surface area contributed by atoms with Crippen LogP contribution in [-0.4, -0.2) is 23.4 Å². The number of benzene rings is 1. The Kier molecular flexibility index (Phi) is 5.47. The van der Waals surface area contributed by atoms with Crippen LogP contribution in [0, 0.1) is 0 Å². The number of halogens is 2. The van der Waals surface area contributed by atoms with E-state index in [2.05, 4.69) is 22.9 Å². The number of hydrogen-bond donors (Lipinski definition) is 0. The molecule has 2 nitrogen and oxygen atoms in total. The van der Waals surface area contributed by atoms with E-state index in [9.17, 15) is 4.79 Å². The van der Waals surface area contributed by atoms with Crippen molar-refractivity contribution in [3.05, 3.63) is 33.3 Å². The zero-order valence-electron chi connectivity index (χ0n) is 10.3. The van der Waals surface area contributed by atoms with Crippen LogP contribution in [0.2, 0.25) is 5.02 Å². The fraction of sp³-hybridized carbons (Fsp3) is 0.462. The minimum atomic E-state index is -0.00634. The molecule has 0 spiro atoms. The molecule has 1 amide bonds. The second-order valence-corrected chi connectivity index (χ2v) is 5.54. The maximum atomic E-state index is 12.4. The lowest BCUT2D eigenvalue weighted by molar-refractivity contribution is 0.0706. The van der Waals surface area contributed by atoms with Crippen LogP contribution >= 0.6 is 27.5 Å². The molecule has 0 N–H and O–H groups in total. The molecule has 0 aliphatic heterocycles. The zero-order chi connectivity index (χ0) is 13.0. The van der Waals surface area contributed by atoms with Crippen molar-refractivity contribution in [2.45, 2.75) is 33.2 Å². The third-order valence-corrected chi connectivity index (χ3v) is 3.33. The highest BCUT2D eigenvalue weighted by atomic mass is 79.9. The predicted molar refractivity (Wildman–Crippen MR) is 75.6 cm³/mol. The molecule has 1 rings (SSSR count). The first kappa shape index (κ1) is 14.5. The van der Waals surface area contributed by atoms with Gasteiger partial charge in [0.1, 0.15) is 0 Å². The van der Waals surface area contributed by atoms with Gasteiger partial charge in [-0.15, -0.1) is 0 Å². The molecule has 0 radical (unpaired) electrons. The largest absolute Gasteiger partial charge is 0.336 e. The Hall–Kier alpha value is -0.540. The van der Waals surface area contributed by atoms with E-state index >= 15 is 0 Å². The Labute approximate surface area is 116 Å². The maximum absolute atomic E-state index is 12.4. The number of hydrogen-bond acceptors (Lipinski definition) is 1. The van der Waals surface area contributed by atoms with Crippen LogP contribution in [0.3, 0.4) is 0 Å². The highest BCUT2D eigenvalue weighted by Gasteiger charge is 2.20. The lowest BCUT2D eigenvalue weighted by Crippen LogP contribution is -2.37. The van der Waals surface area contributed by atoms with E-state index in [1.807, 2.05) is 24.8 Å². The first-order valence-electron chi connectivity index (χ1n) is 5.73. The molecule has 0 bridgehead atoms. The summed E-state index contributed by atoms with van der Waals surface area (Å²) < 4.78 is 0.866. The topological polar surface area (TPSA) is 20.3 Å². The van der Waals surface area contributed by atoms with Crippen LogP contribution in [0.5, 0.6) is 0 Å².